The highest BCUT2D eigenvalue weighted by atomic mass is 16.6. The first-order valence-electron chi connectivity index (χ1n) is 20.5. The van der Waals surface area contributed by atoms with Gasteiger partial charge in [0.2, 0.25) is 0 Å². The second-order valence-corrected chi connectivity index (χ2v) is 14.3. The molecule has 1 rings (SSSR count). The summed E-state index contributed by atoms with van der Waals surface area (Å²) in [6.07, 6.45) is 50.1. The summed E-state index contributed by atoms with van der Waals surface area (Å²) in [6, 6.07) is 0. The van der Waals surface area contributed by atoms with Crippen molar-refractivity contribution in [3.63, 3.8) is 0 Å². The lowest BCUT2D eigenvalue weighted by Crippen LogP contribution is -2.39. The Balaban J connectivity index is 3.26. The monoisotopic (exact) mass is 653 g/mol. The zero-order chi connectivity index (χ0) is 34.3. The lowest BCUT2D eigenvalue weighted by molar-refractivity contribution is -0.154. The van der Waals surface area contributed by atoms with Crippen molar-refractivity contribution in [1.29, 1.82) is 0 Å². The molecule has 0 amide bonds. The Kier molecular flexibility index (Phi) is 26.7. The topological polar surface area (TPSA) is 43.4 Å². The first kappa shape index (κ1) is 43.1. The lowest BCUT2D eigenvalue weighted by atomic mass is 9.63. The third-order valence-corrected chi connectivity index (χ3v) is 9.97. The van der Waals surface area contributed by atoms with E-state index < -0.39 is 22.8 Å². The molecule has 0 atom stereocenters. The van der Waals surface area contributed by atoms with Gasteiger partial charge in [0.1, 0.15) is 10.8 Å². The van der Waals surface area contributed by atoms with Crippen molar-refractivity contribution < 1.29 is 14.3 Å². The molecule has 0 N–H and O–H groups in total. The Morgan fingerprint density at radius 3 is 0.809 bits per heavy atom. The molecule has 0 unspecified atom stereocenters. The molecule has 3 heteroatoms. The van der Waals surface area contributed by atoms with Crippen molar-refractivity contribution in [3.8, 4) is 0 Å². The largest absolute Gasteiger partial charge is 0.391 e. The average molecular weight is 653 g/mol. The van der Waals surface area contributed by atoms with Crippen molar-refractivity contribution >= 4 is 11.9 Å². The molecule has 47 heavy (non-hydrogen) atoms. The van der Waals surface area contributed by atoms with E-state index in [0.717, 1.165) is 51.4 Å². The van der Waals surface area contributed by atoms with Gasteiger partial charge in [0, 0.05) is 0 Å². The Labute approximate surface area is 292 Å². The first-order chi connectivity index (χ1) is 23.0. The second kappa shape index (κ2) is 29.1. The summed E-state index contributed by atoms with van der Waals surface area (Å²) in [6.45, 7) is 9.00. The Morgan fingerprint density at radius 2 is 0.574 bits per heavy atom. The quantitative estimate of drug-likeness (QED) is 0.0314. The van der Waals surface area contributed by atoms with Crippen molar-refractivity contribution in [2.75, 3.05) is 0 Å². The summed E-state index contributed by atoms with van der Waals surface area (Å²) < 4.78 is 5.60. The number of hydrogen-bond donors (Lipinski definition) is 0. The number of esters is 2. The predicted molar refractivity (Wildman–Crippen MR) is 204 cm³/mol. The summed E-state index contributed by atoms with van der Waals surface area (Å²) in [4.78, 5) is 27.7. The van der Waals surface area contributed by atoms with E-state index in [1.54, 1.807) is 0 Å². The number of carbonyl (C=O) groups is 2. The van der Waals surface area contributed by atoms with Crippen LogP contribution in [0.1, 0.15) is 207 Å². The second-order valence-electron chi connectivity index (χ2n) is 14.3. The van der Waals surface area contributed by atoms with Gasteiger partial charge in [-0.15, -0.1) is 0 Å². The number of cyclic esters (lactones) is 2. The Morgan fingerprint density at radius 1 is 0.362 bits per heavy atom. The maximum atomic E-state index is 13.9. The van der Waals surface area contributed by atoms with E-state index in [4.69, 9.17) is 4.74 Å². The molecule has 0 aromatic carbocycles. The normalized spacial score (nSPS) is 16.2. The summed E-state index contributed by atoms with van der Waals surface area (Å²) in [7, 11) is 0. The Hall–Kier alpha value is -1.90. The van der Waals surface area contributed by atoms with Gasteiger partial charge >= 0.3 is 11.9 Å². The van der Waals surface area contributed by atoms with Crippen LogP contribution < -0.4 is 0 Å². The zero-order valence-electron chi connectivity index (χ0n) is 31.6. The molecule has 1 heterocycles. The van der Waals surface area contributed by atoms with E-state index in [9.17, 15) is 9.59 Å². The van der Waals surface area contributed by atoms with Crippen LogP contribution in [0, 0.1) is 10.8 Å². The van der Waals surface area contributed by atoms with Crippen LogP contribution in [0.5, 0.6) is 0 Å². The number of hydrogen-bond acceptors (Lipinski definition) is 3. The van der Waals surface area contributed by atoms with Gasteiger partial charge < -0.3 is 4.74 Å². The highest BCUT2D eigenvalue weighted by molar-refractivity contribution is 6.06. The molecule has 0 saturated carbocycles. The summed E-state index contributed by atoms with van der Waals surface area (Å²) >= 11 is 0. The molecule has 0 aliphatic carbocycles. The van der Waals surface area contributed by atoms with Gasteiger partial charge in [0.15, 0.2) is 0 Å². The van der Waals surface area contributed by atoms with E-state index in [1.165, 1.54) is 128 Å². The fraction of sp³-hybridized carbons (Fsp3) is 0.773. The third-order valence-electron chi connectivity index (χ3n) is 9.97. The molecular weight excluding hydrogens is 576 g/mol. The molecule has 1 aliphatic heterocycles. The van der Waals surface area contributed by atoms with Crippen LogP contribution in [0.25, 0.3) is 0 Å². The van der Waals surface area contributed by atoms with Gasteiger partial charge in [-0.25, -0.2) is 0 Å². The molecule has 0 aromatic heterocycles. The van der Waals surface area contributed by atoms with E-state index >= 15 is 0 Å². The van der Waals surface area contributed by atoms with Crippen molar-refractivity contribution in [2.24, 2.45) is 10.8 Å². The Bertz CT molecular complexity index is 768. The molecule has 1 saturated heterocycles. The molecule has 270 valence electrons. The summed E-state index contributed by atoms with van der Waals surface area (Å²) in [5, 5.41) is 0. The van der Waals surface area contributed by atoms with E-state index in [1.807, 2.05) is 24.3 Å². The number of ether oxygens (including phenoxy) is 1. The minimum Gasteiger partial charge on any atom is -0.391 e. The first-order valence-corrected chi connectivity index (χ1v) is 20.5. The van der Waals surface area contributed by atoms with Crippen LogP contribution in [-0.4, -0.2) is 11.9 Å². The van der Waals surface area contributed by atoms with Gasteiger partial charge in [-0.1, -0.05) is 205 Å². The fourth-order valence-electron chi connectivity index (χ4n) is 6.77. The molecule has 3 nitrogen and oxygen atoms in total. The van der Waals surface area contributed by atoms with Crippen LogP contribution in [0.15, 0.2) is 48.6 Å². The molecule has 0 radical (unpaired) electrons. The van der Waals surface area contributed by atoms with Crippen LogP contribution >= 0.6 is 0 Å². The average Bonchev–Trinajstić information content (AvgIpc) is 3.26. The van der Waals surface area contributed by atoms with Gasteiger partial charge in [-0.05, 0) is 51.4 Å². The zero-order valence-corrected chi connectivity index (χ0v) is 31.6. The van der Waals surface area contributed by atoms with Crippen LogP contribution in [0.3, 0.4) is 0 Å². The number of allylic oxidation sites excluding steroid dienone is 4. The molecular formula is C44H76O3. The van der Waals surface area contributed by atoms with Gasteiger partial charge in [0.25, 0.3) is 0 Å². The number of carbonyl (C=O) groups excluding carboxylic acids is 2. The van der Waals surface area contributed by atoms with Crippen molar-refractivity contribution in [3.05, 3.63) is 48.6 Å². The smallest absolute Gasteiger partial charge is 0.329 e. The molecule has 0 aromatic rings. The maximum Gasteiger partial charge on any atom is 0.329 e. The molecule has 1 aliphatic rings. The minimum atomic E-state index is -1.14. The third kappa shape index (κ3) is 17.4. The summed E-state index contributed by atoms with van der Waals surface area (Å²) in [5.74, 6) is -0.844. The standard InChI is InChI=1S/C44H76O3/c1-5-9-13-17-21-25-29-33-37-43(38-34-30-26-22-18-14-10-6-2)41(45)47-42(46)44(43,39-35-31-27-23-19-15-11-7-3)40-36-32-28-24-20-16-12-8-4/h33-40H,5-32H2,1-4H3/b37-33+,38-34+,39-35+,40-36+. The van der Waals surface area contributed by atoms with Crippen LogP contribution in [-0.2, 0) is 14.3 Å². The number of rotatable bonds is 32. The maximum absolute atomic E-state index is 13.9. The van der Waals surface area contributed by atoms with Crippen molar-refractivity contribution in [2.45, 2.75) is 207 Å². The van der Waals surface area contributed by atoms with Crippen LogP contribution in [0.2, 0.25) is 0 Å². The van der Waals surface area contributed by atoms with E-state index in [0.29, 0.717) is 0 Å². The van der Waals surface area contributed by atoms with Crippen LogP contribution in [0.4, 0.5) is 0 Å². The fourth-order valence-corrected chi connectivity index (χ4v) is 6.77. The SMILES string of the molecule is CCCCCCCC/C=C/C1(/C=C/CCCCCCCC)C(=O)OC(=O)C1(/C=C/CCCCCCCC)/C=C/CCCCCCCC. The lowest BCUT2D eigenvalue weighted by Gasteiger charge is -2.32. The highest BCUT2D eigenvalue weighted by Crippen LogP contribution is 2.52. The van der Waals surface area contributed by atoms with Gasteiger partial charge in [0.05, 0.1) is 0 Å². The molecule has 0 bridgehead atoms. The van der Waals surface area contributed by atoms with E-state index in [-0.39, 0.29) is 0 Å². The molecule has 0 spiro atoms. The predicted octanol–water partition coefficient (Wildman–Crippen LogP) is 14.3. The highest BCUT2D eigenvalue weighted by Gasteiger charge is 2.63. The van der Waals surface area contributed by atoms with Crippen molar-refractivity contribution in [1.82, 2.24) is 0 Å². The number of unbranched alkanes of at least 4 members (excludes halogenated alkanes) is 24. The van der Waals surface area contributed by atoms with Gasteiger partial charge in [-0.2, -0.15) is 0 Å². The van der Waals surface area contributed by atoms with E-state index in [2.05, 4.69) is 52.0 Å². The minimum absolute atomic E-state index is 0.422. The van der Waals surface area contributed by atoms with Gasteiger partial charge in [-0.3, -0.25) is 9.59 Å². The summed E-state index contributed by atoms with van der Waals surface area (Å²) in [5.41, 5.74) is -2.27. The molecule has 1 fully saturated rings.